The van der Waals surface area contributed by atoms with Crippen molar-refractivity contribution in [3.05, 3.63) is 54.1 Å². The van der Waals surface area contributed by atoms with E-state index in [1.165, 1.54) is 11.0 Å². The van der Waals surface area contributed by atoms with E-state index in [2.05, 4.69) is 5.32 Å². The Morgan fingerprint density at radius 3 is 2.62 bits per heavy atom. The monoisotopic (exact) mass is 286 g/mol. The predicted molar refractivity (Wildman–Crippen MR) is 86.0 cm³/mol. The minimum atomic E-state index is -0.203. The summed E-state index contributed by atoms with van der Waals surface area (Å²) >= 11 is 0. The van der Waals surface area contributed by atoms with Crippen LogP contribution in [-0.4, -0.2) is 30.3 Å². The molecule has 0 saturated heterocycles. The zero-order chi connectivity index (χ0) is 15.7. The molecule has 4 nitrogen and oxygen atoms in total. The lowest BCUT2D eigenvalue weighted by molar-refractivity contribution is -0.129. The lowest BCUT2D eigenvalue weighted by Gasteiger charge is -2.16. The van der Waals surface area contributed by atoms with Gasteiger partial charge in [-0.05, 0) is 25.0 Å². The van der Waals surface area contributed by atoms with Gasteiger partial charge >= 0.3 is 0 Å². The summed E-state index contributed by atoms with van der Waals surface area (Å²) in [6, 6.07) is 7.66. The molecule has 1 aromatic rings. The molecule has 1 aromatic carbocycles. The van der Waals surface area contributed by atoms with Crippen molar-refractivity contribution in [2.75, 3.05) is 18.9 Å². The van der Waals surface area contributed by atoms with E-state index in [1.807, 2.05) is 44.2 Å². The highest BCUT2D eigenvalue weighted by Gasteiger charge is 2.11. The average molecular weight is 286 g/mol. The molecular weight excluding hydrogens is 264 g/mol. The Morgan fingerprint density at radius 1 is 1.24 bits per heavy atom. The lowest BCUT2D eigenvalue weighted by Crippen LogP contribution is -2.34. The average Bonchev–Trinajstić information content (AvgIpc) is 2.47. The SMILES string of the molecule is C/C=C/C=C/C(=O)N(C)CC(=O)Nc1ccccc1CC. The first-order valence-corrected chi connectivity index (χ1v) is 7.00. The van der Waals surface area contributed by atoms with E-state index in [0.717, 1.165) is 17.7 Å². The molecule has 0 aromatic heterocycles. The first-order valence-electron chi connectivity index (χ1n) is 7.00. The van der Waals surface area contributed by atoms with Crippen molar-refractivity contribution in [3.63, 3.8) is 0 Å². The number of allylic oxidation sites excluding steroid dienone is 3. The van der Waals surface area contributed by atoms with Crippen LogP contribution in [0.3, 0.4) is 0 Å². The molecular formula is C17H22N2O2. The molecule has 112 valence electrons. The van der Waals surface area contributed by atoms with Gasteiger partial charge in [0.15, 0.2) is 0 Å². The first kappa shape index (κ1) is 16.7. The Morgan fingerprint density at radius 2 is 1.95 bits per heavy atom. The van der Waals surface area contributed by atoms with Crippen molar-refractivity contribution in [1.82, 2.24) is 4.90 Å². The highest BCUT2D eigenvalue weighted by molar-refractivity contribution is 5.97. The number of nitrogens with zero attached hydrogens (tertiary/aromatic N) is 1. The molecule has 2 amide bonds. The van der Waals surface area contributed by atoms with Gasteiger partial charge in [0.25, 0.3) is 0 Å². The maximum atomic E-state index is 12.0. The number of likely N-dealkylation sites (N-methyl/N-ethyl adjacent to an activating group) is 1. The molecule has 4 heteroatoms. The molecule has 21 heavy (non-hydrogen) atoms. The second kappa shape index (κ2) is 8.74. The largest absolute Gasteiger partial charge is 0.333 e. The second-order valence-corrected chi connectivity index (χ2v) is 4.64. The summed E-state index contributed by atoms with van der Waals surface area (Å²) in [5, 5.41) is 2.84. The molecule has 0 saturated carbocycles. The van der Waals surface area contributed by atoms with E-state index < -0.39 is 0 Å². The van der Waals surface area contributed by atoms with Crippen molar-refractivity contribution < 1.29 is 9.59 Å². The van der Waals surface area contributed by atoms with Gasteiger partial charge in [0, 0.05) is 18.8 Å². The standard InChI is InChI=1S/C17H22N2O2/c1-4-6-7-12-17(21)19(3)13-16(20)18-15-11-9-8-10-14(15)5-2/h4,6-12H,5,13H2,1-3H3,(H,18,20)/b6-4+,12-7+. The fraction of sp³-hybridized carbons (Fsp3) is 0.294. The minimum absolute atomic E-state index is 0.0249. The van der Waals surface area contributed by atoms with Gasteiger partial charge in [-0.1, -0.05) is 43.4 Å². The van der Waals surface area contributed by atoms with Crippen LogP contribution in [0.15, 0.2) is 48.6 Å². The number of amides is 2. The Kier molecular flexibility index (Phi) is 6.95. The number of anilines is 1. The summed E-state index contributed by atoms with van der Waals surface area (Å²) in [5.41, 5.74) is 1.88. The van der Waals surface area contributed by atoms with Crippen LogP contribution in [0.4, 0.5) is 5.69 Å². The molecule has 0 aliphatic rings. The van der Waals surface area contributed by atoms with E-state index in [9.17, 15) is 9.59 Å². The van der Waals surface area contributed by atoms with Crippen molar-refractivity contribution in [1.29, 1.82) is 0 Å². The van der Waals surface area contributed by atoms with Gasteiger partial charge in [-0.2, -0.15) is 0 Å². The molecule has 0 radical (unpaired) electrons. The maximum Gasteiger partial charge on any atom is 0.246 e. The third kappa shape index (κ3) is 5.65. The summed E-state index contributed by atoms with van der Waals surface area (Å²) in [4.78, 5) is 25.1. The van der Waals surface area contributed by atoms with Gasteiger partial charge in [-0.3, -0.25) is 9.59 Å². The molecule has 0 atom stereocenters. The van der Waals surface area contributed by atoms with Gasteiger partial charge in [0.1, 0.15) is 0 Å². The van der Waals surface area contributed by atoms with Crippen LogP contribution < -0.4 is 5.32 Å². The highest BCUT2D eigenvalue weighted by atomic mass is 16.2. The predicted octanol–water partition coefficient (Wildman–Crippen LogP) is 2.78. The molecule has 0 heterocycles. The molecule has 0 bridgehead atoms. The Bertz CT molecular complexity index is 547. The number of carbonyl (C=O) groups excluding carboxylic acids is 2. The minimum Gasteiger partial charge on any atom is -0.333 e. The number of carbonyl (C=O) groups is 2. The first-order chi connectivity index (χ1) is 10.1. The van der Waals surface area contributed by atoms with Crippen molar-refractivity contribution >= 4 is 17.5 Å². The number of benzene rings is 1. The summed E-state index contributed by atoms with van der Waals surface area (Å²) in [7, 11) is 1.60. The number of para-hydroxylation sites is 1. The molecule has 0 aliphatic heterocycles. The number of rotatable bonds is 6. The number of hydrogen-bond donors (Lipinski definition) is 1. The van der Waals surface area contributed by atoms with Crippen LogP contribution in [0.2, 0.25) is 0 Å². The van der Waals surface area contributed by atoms with E-state index in [4.69, 9.17) is 0 Å². The summed E-state index contributed by atoms with van der Waals surface area (Å²) in [6.07, 6.45) is 7.54. The zero-order valence-corrected chi connectivity index (χ0v) is 12.8. The number of hydrogen-bond acceptors (Lipinski definition) is 2. The summed E-state index contributed by atoms with van der Waals surface area (Å²) in [5.74, 6) is -0.404. The molecule has 0 unspecified atom stereocenters. The van der Waals surface area contributed by atoms with Crippen LogP contribution in [0.25, 0.3) is 0 Å². The molecule has 1 rings (SSSR count). The fourth-order valence-corrected chi connectivity index (χ4v) is 1.81. The molecule has 1 N–H and O–H groups in total. The van der Waals surface area contributed by atoms with E-state index in [1.54, 1.807) is 19.2 Å². The zero-order valence-electron chi connectivity index (χ0n) is 12.8. The smallest absolute Gasteiger partial charge is 0.246 e. The maximum absolute atomic E-state index is 12.0. The lowest BCUT2D eigenvalue weighted by atomic mass is 10.1. The molecule has 0 aliphatic carbocycles. The van der Waals surface area contributed by atoms with Crippen LogP contribution in [0.1, 0.15) is 19.4 Å². The van der Waals surface area contributed by atoms with Gasteiger partial charge < -0.3 is 10.2 Å². The van der Waals surface area contributed by atoms with Gasteiger partial charge in [-0.25, -0.2) is 0 Å². The quantitative estimate of drug-likeness (QED) is 0.646. The van der Waals surface area contributed by atoms with Crippen molar-refractivity contribution in [2.24, 2.45) is 0 Å². The number of aryl methyl sites for hydroxylation is 1. The summed E-state index contributed by atoms with van der Waals surface area (Å²) in [6.45, 7) is 3.93. The van der Waals surface area contributed by atoms with Crippen LogP contribution in [0, 0.1) is 0 Å². The highest BCUT2D eigenvalue weighted by Crippen LogP contribution is 2.15. The topological polar surface area (TPSA) is 49.4 Å². The Balaban J connectivity index is 2.59. The van der Waals surface area contributed by atoms with Crippen molar-refractivity contribution in [2.45, 2.75) is 20.3 Å². The normalized spacial score (nSPS) is 11.0. The fourth-order valence-electron chi connectivity index (χ4n) is 1.81. The van der Waals surface area contributed by atoms with Crippen LogP contribution in [-0.2, 0) is 16.0 Å². The van der Waals surface area contributed by atoms with Crippen LogP contribution >= 0.6 is 0 Å². The van der Waals surface area contributed by atoms with Crippen molar-refractivity contribution in [3.8, 4) is 0 Å². The van der Waals surface area contributed by atoms with E-state index in [-0.39, 0.29) is 18.4 Å². The van der Waals surface area contributed by atoms with Gasteiger partial charge in [-0.15, -0.1) is 0 Å². The van der Waals surface area contributed by atoms with Gasteiger partial charge in [0.05, 0.1) is 6.54 Å². The molecule has 0 spiro atoms. The Labute approximate surface area is 126 Å². The van der Waals surface area contributed by atoms with E-state index in [0.29, 0.717) is 0 Å². The Hall–Kier alpha value is -2.36. The third-order valence-electron chi connectivity index (χ3n) is 2.97. The summed E-state index contributed by atoms with van der Waals surface area (Å²) < 4.78 is 0. The third-order valence-corrected chi connectivity index (χ3v) is 2.97. The number of nitrogens with one attached hydrogen (secondary N) is 1. The second-order valence-electron chi connectivity index (χ2n) is 4.64. The molecule has 0 fully saturated rings. The van der Waals surface area contributed by atoms with E-state index >= 15 is 0 Å². The van der Waals surface area contributed by atoms with Gasteiger partial charge in [0.2, 0.25) is 11.8 Å². The van der Waals surface area contributed by atoms with Crippen LogP contribution in [0.5, 0.6) is 0 Å².